The summed E-state index contributed by atoms with van der Waals surface area (Å²) in [6.45, 7) is -0.00544. The Morgan fingerprint density at radius 1 is 0.903 bits per heavy atom. The predicted molar refractivity (Wildman–Crippen MR) is 100 cm³/mol. The molecule has 0 bridgehead atoms. The first-order valence-electron chi connectivity index (χ1n) is 8.98. The van der Waals surface area contributed by atoms with Gasteiger partial charge in [0, 0.05) is 12.1 Å². The fourth-order valence-corrected chi connectivity index (χ4v) is 2.55. The number of carbonyl (C=O) groups excluding carboxylic acids is 1. The Bertz CT molecular complexity index is 1030. The van der Waals surface area contributed by atoms with E-state index in [1.165, 1.54) is 18.5 Å². The number of carbonyl (C=O) groups is 1. The number of halogens is 5. The maximum Gasteiger partial charge on any atom is 0.458 e. The second-order valence-electron chi connectivity index (χ2n) is 6.47. The number of nitrogens with zero attached hydrogens (tertiary/aromatic N) is 2. The van der Waals surface area contributed by atoms with Crippen molar-refractivity contribution < 1.29 is 31.5 Å². The van der Waals surface area contributed by atoms with Crippen LogP contribution in [0.1, 0.15) is 27.2 Å². The molecule has 1 N–H and O–H groups in total. The predicted octanol–water partition coefficient (Wildman–Crippen LogP) is 4.64. The molecule has 0 aliphatic carbocycles. The van der Waals surface area contributed by atoms with Crippen molar-refractivity contribution in [1.82, 2.24) is 15.3 Å². The zero-order valence-corrected chi connectivity index (χ0v) is 15.9. The first-order valence-corrected chi connectivity index (χ1v) is 8.98. The molecule has 3 rings (SSSR count). The monoisotopic (exact) mass is 437 g/mol. The molecule has 5 nitrogen and oxygen atoms in total. The third-order valence-corrected chi connectivity index (χ3v) is 4.19. The van der Waals surface area contributed by atoms with Crippen LogP contribution in [0.25, 0.3) is 0 Å². The Morgan fingerprint density at radius 2 is 1.61 bits per heavy atom. The molecular weight excluding hydrogens is 421 g/mol. The van der Waals surface area contributed by atoms with Gasteiger partial charge in [0.25, 0.3) is 5.91 Å². The van der Waals surface area contributed by atoms with Crippen molar-refractivity contribution in [3.8, 4) is 5.88 Å². The molecule has 1 heterocycles. The van der Waals surface area contributed by atoms with Crippen LogP contribution in [-0.2, 0) is 19.1 Å². The molecule has 0 saturated heterocycles. The van der Waals surface area contributed by atoms with Crippen LogP contribution in [0.4, 0.5) is 22.0 Å². The van der Waals surface area contributed by atoms with Gasteiger partial charge in [0.05, 0.1) is 12.4 Å². The zero-order chi connectivity index (χ0) is 22.5. The van der Waals surface area contributed by atoms with Crippen molar-refractivity contribution in [1.29, 1.82) is 0 Å². The molecule has 0 aliphatic rings. The van der Waals surface area contributed by atoms with Crippen LogP contribution in [0.15, 0.2) is 67.0 Å². The minimum absolute atomic E-state index is 0.0659. The van der Waals surface area contributed by atoms with E-state index in [9.17, 15) is 26.7 Å². The second-order valence-corrected chi connectivity index (χ2v) is 6.47. The molecule has 2 aromatic carbocycles. The fourth-order valence-electron chi connectivity index (χ4n) is 2.55. The van der Waals surface area contributed by atoms with Gasteiger partial charge in [-0.05, 0) is 17.2 Å². The van der Waals surface area contributed by atoms with Gasteiger partial charge in [-0.1, -0.05) is 48.5 Å². The summed E-state index contributed by atoms with van der Waals surface area (Å²) in [5.41, 5.74) is -0.273. The van der Waals surface area contributed by atoms with Gasteiger partial charge in [0.1, 0.15) is 12.3 Å². The third kappa shape index (κ3) is 5.53. The Balaban J connectivity index is 1.58. The number of hydrogen-bond acceptors (Lipinski definition) is 4. The van der Waals surface area contributed by atoms with E-state index in [4.69, 9.17) is 4.74 Å². The Kier molecular flexibility index (Phi) is 6.47. The van der Waals surface area contributed by atoms with E-state index in [2.05, 4.69) is 15.3 Å². The normalized spacial score (nSPS) is 11.8. The number of ether oxygens (including phenoxy) is 1. The van der Waals surface area contributed by atoms with Gasteiger partial charge in [-0.25, -0.2) is 9.97 Å². The fraction of sp³-hybridized carbons (Fsp3) is 0.190. The van der Waals surface area contributed by atoms with Gasteiger partial charge in [-0.2, -0.15) is 22.0 Å². The summed E-state index contributed by atoms with van der Waals surface area (Å²) in [6, 6.07) is 13.1. The van der Waals surface area contributed by atoms with Gasteiger partial charge >= 0.3 is 12.1 Å². The minimum Gasteiger partial charge on any atom is -0.472 e. The van der Waals surface area contributed by atoms with E-state index < -0.39 is 23.6 Å². The molecule has 3 aromatic rings. The van der Waals surface area contributed by atoms with E-state index in [-0.39, 0.29) is 30.3 Å². The summed E-state index contributed by atoms with van der Waals surface area (Å²) in [6.07, 6.45) is -3.29. The molecule has 162 valence electrons. The maximum atomic E-state index is 13.5. The van der Waals surface area contributed by atoms with E-state index in [0.29, 0.717) is 12.1 Å². The maximum absolute atomic E-state index is 13.5. The first-order chi connectivity index (χ1) is 14.7. The van der Waals surface area contributed by atoms with E-state index in [0.717, 1.165) is 11.6 Å². The minimum atomic E-state index is -5.71. The Morgan fingerprint density at radius 3 is 2.26 bits per heavy atom. The molecule has 0 unspecified atom stereocenters. The number of amides is 1. The molecule has 0 spiro atoms. The summed E-state index contributed by atoms with van der Waals surface area (Å²) < 4.78 is 70.0. The Hall–Kier alpha value is -3.56. The average Bonchev–Trinajstić information content (AvgIpc) is 2.76. The highest BCUT2D eigenvalue weighted by molar-refractivity contribution is 5.91. The lowest BCUT2D eigenvalue weighted by molar-refractivity contribution is -0.289. The van der Waals surface area contributed by atoms with Crippen molar-refractivity contribution in [2.45, 2.75) is 25.3 Å². The number of aromatic nitrogens is 2. The molecule has 31 heavy (non-hydrogen) atoms. The lowest BCUT2D eigenvalue weighted by Crippen LogP contribution is -2.33. The molecule has 10 heteroatoms. The largest absolute Gasteiger partial charge is 0.472 e. The quantitative estimate of drug-likeness (QED) is 0.547. The zero-order valence-electron chi connectivity index (χ0n) is 15.9. The van der Waals surface area contributed by atoms with Crippen LogP contribution in [0.5, 0.6) is 5.88 Å². The molecule has 0 aliphatic heterocycles. The summed E-state index contributed by atoms with van der Waals surface area (Å²) in [4.78, 5) is 20.1. The van der Waals surface area contributed by atoms with Crippen molar-refractivity contribution >= 4 is 5.91 Å². The van der Waals surface area contributed by atoms with Crippen LogP contribution >= 0.6 is 0 Å². The number of hydrogen-bond donors (Lipinski definition) is 1. The first kappa shape index (κ1) is 22.1. The molecule has 1 amide bonds. The van der Waals surface area contributed by atoms with E-state index in [1.54, 1.807) is 0 Å². The SMILES string of the molecule is O=C(NCc1cccc(C(F)(F)C(F)(F)F)c1)c1cnc(OCc2ccccc2)cn1. The summed E-state index contributed by atoms with van der Waals surface area (Å²) >= 11 is 0. The van der Waals surface area contributed by atoms with Crippen molar-refractivity contribution in [2.24, 2.45) is 0 Å². The highest BCUT2D eigenvalue weighted by Crippen LogP contribution is 2.43. The van der Waals surface area contributed by atoms with Crippen molar-refractivity contribution in [2.75, 3.05) is 0 Å². The van der Waals surface area contributed by atoms with Crippen LogP contribution in [-0.4, -0.2) is 22.1 Å². The number of benzene rings is 2. The van der Waals surface area contributed by atoms with Gasteiger partial charge in [-0.15, -0.1) is 0 Å². The van der Waals surface area contributed by atoms with Gasteiger partial charge < -0.3 is 10.1 Å². The van der Waals surface area contributed by atoms with Crippen LogP contribution < -0.4 is 10.1 Å². The highest BCUT2D eigenvalue weighted by Gasteiger charge is 2.58. The Labute approximate surface area is 173 Å². The number of nitrogens with one attached hydrogen (secondary N) is 1. The van der Waals surface area contributed by atoms with Gasteiger partial charge in [0.15, 0.2) is 0 Å². The summed E-state index contributed by atoms with van der Waals surface area (Å²) in [7, 11) is 0. The highest BCUT2D eigenvalue weighted by atomic mass is 19.4. The average molecular weight is 437 g/mol. The van der Waals surface area contributed by atoms with Crippen molar-refractivity contribution in [3.05, 3.63) is 89.4 Å². The second kappa shape index (κ2) is 9.07. The van der Waals surface area contributed by atoms with Gasteiger partial charge in [0.2, 0.25) is 5.88 Å². The standard InChI is InChI=1S/C21H16F5N3O2/c22-20(23,21(24,25)26)16-8-4-7-15(9-16)10-29-19(30)17-11-28-18(12-27-17)31-13-14-5-2-1-3-6-14/h1-9,11-12H,10,13H2,(H,29,30). The van der Waals surface area contributed by atoms with Crippen LogP contribution in [0, 0.1) is 0 Å². The summed E-state index contributed by atoms with van der Waals surface area (Å²) in [5.74, 6) is -5.47. The van der Waals surface area contributed by atoms with E-state index in [1.807, 2.05) is 30.3 Å². The number of rotatable bonds is 7. The molecular formula is C21H16F5N3O2. The van der Waals surface area contributed by atoms with Crippen molar-refractivity contribution in [3.63, 3.8) is 0 Å². The molecule has 0 atom stereocenters. The molecule has 0 radical (unpaired) electrons. The molecule has 0 saturated carbocycles. The summed E-state index contributed by atoms with van der Waals surface area (Å²) in [5, 5.41) is 2.40. The topological polar surface area (TPSA) is 64.1 Å². The smallest absolute Gasteiger partial charge is 0.458 e. The van der Waals surface area contributed by atoms with Crippen LogP contribution in [0.2, 0.25) is 0 Å². The lowest BCUT2D eigenvalue weighted by Gasteiger charge is -2.20. The van der Waals surface area contributed by atoms with E-state index >= 15 is 0 Å². The molecule has 0 fully saturated rings. The molecule has 1 aromatic heterocycles. The lowest BCUT2D eigenvalue weighted by atomic mass is 10.0. The van der Waals surface area contributed by atoms with Crippen LogP contribution in [0.3, 0.4) is 0 Å². The third-order valence-electron chi connectivity index (χ3n) is 4.19. The number of alkyl halides is 5. The van der Waals surface area contributed by atoms with Gasteiger partial charge in [-0.3, -0.25) is 4.79 Å².